The van der Waals surface area contributed by atoms with E-state index in [9.17, 15) is 34.5 Å². The van der Waals surface area contributed by atoms with Crippen molar-refractivity contribution in [2.75, 3.05) is 13.2 Å². The molecule has 12 nitrogen and oxygen atoms in total. The van der Waals surface area contributed by atoms with Gasteiger partial charge in [-0.1, -0.05) is 214 Å². The number of hydrogen-bond acceptors (Lipinski definition) is 11. The summed E-state index contributed by atoms with van der Waals surface area (Å²) in [5.41, 5.74) is 0. The standard InChI is InChI=1S/C63H102O12/c1-4-7-10-13-16-19-22-24-26-27-28-29-31-33-36-39-42-45-48-51-57(66)74-61-59(68)58(67)60(62(69)70)75-63(61)72-53-54(73-56(65)50-47-44-41-38-34-21-18-15-12-9-6-3)52-71-55(64)49-46-43-40-37-35-32-30-25-23-20-17-14-11-8-5-2/h7,10,16-17,19-20,24-26,28-30,33,36,42,45,54,58-61,63,67-68H,4-6,8-9,11-15,18,21-23,27,31-32,34-35,37-41,43-44,46-53H2,1-3H3,(H,69,70)/b10-7-,19-16-,20-17-,26-24-,29-28-,30-25-,36-33-,45-42-. The zero-order chi connectivity index (χ0) is 54.7. The first-order valence-electron chi connectivity index (χ1n) is 29.2. The number of aliphatic hydroxyl groups is 2. The maximum absolute atomic E-state index is 13.1. The fourth-order valence-electron chi connectivity index (χ4n) is 8.19. The lowest BCUT2D eigenvalue weighted by molar-refractivity contribution is -0.301. The van der Waals surface area contributed by atoms with Gasteiger partial charge in [0.1, 0.15) is 18.8 Å². The molecule has 426 valence electrons. The van der Waals surface area contributed by atoms with E-state index in [1.807, 2.05) is 18.2 Å². The summed E-state index contributed by atoms with van der Waals surface area (Å²) >= 11 is 0. The van der Waals surface area contributed by atoms with E-state index < -0.39 is 67.3 Å². The predicted molar refractivity (Wildman–Crippen MR) is 303 cm³/mol. The van der Waals surface area contributed by atoms with Crippen molar-refractivity contribution in [2.24, 2.45) is 0 Å². The molecule has 3 N–H and O–H groups in total. The zero-order valence-electron chi connectivity index (χ0n) is 46.8. The van der Waals surface area contributed by atoms with Gasteiger partial charge in [0, 0.05) is 19.3 Å². The first-order chi connectivity index (χ1) is 36.6. The van der Waals surface area contributed by atoms with Crippen LogP contribution in [0.1, 0.15) is 226 Å². The Balaban J connectivity index is 2.73. The summed E-state index contributed by atoms with van der Waals surface area (Å²) in [6.45, 7) is 5.79. The van der Waals surface area contributed by atoms with Gasteiger partial charge < -0.3 is 39.0 Å². The fraction of sp³-hybridized carbons (Fsp3) is 0.683. The first kappa shape index (κ1) is 68.7. The summed E-state index contributed by atoms with van der Waals surface area (Å²) in [6, 6.07) is 0. The monoisotopic (exact) mass is 1050 g/mol. The van der Waals surface area contributed by atoms with Crippen LogP contribution in [0.15, 0.2) is 97.2 Å². The van der Waals surface area contributed by atoms with Crippen LogP contribution in [0.2, 0.25) is 0 Å². The molecule has 0 saturated carbocycles. The Bertz CT molecular complexity index is 1670. The summed E-state index contributed by atoms with van der Waals surface area (Å²) in [6.07, 6.45) is 53.9. The minimum atomic E-state index is -1.93. The molecule has 0 spiro atoms. The molecular formula is C63H102O12. The van der Waals surface area contributed by atoms with Crippen LogP contribution >= 0.6 is 0 Å². The Labute approximate surface area is 453 Å². The molecular weight excluding hydrogens is 949 g/mol. The number of carboxylic acids is 1. The molecule has 1 heterocycles. The fourth-order valence-corrected chi connectivity index (χ4v) is 8.19. The molecule has 1 rings (SSSR count). The number of aliphatic hydroxyl groups excluding tert-OH is 2. The molecule has 12 heteroatoms. The molecule has 0 amide bonds. The van der Waals surface area contributed by atoms with E-state index in [1.54, 1.807) is 0 Å². The molecule has 1 saturated heterocycles. The highest BCUT2D eigenvalue weighted by atomic mass is 16.7. The van der Waals surface area contributed by atoms with E-state index in [4.69, 9.17) is 23.7 Å². The van der Waals surface area contributed by atoms with Crippen molar-refractivity contribution >= 4 is 23.9 Å². The molecule has 0 aromatic rings. The number of allylic oxidation sites excluding steroid dienone is 16. The molecule has 0 aliphatic carbocycles. The van der Waals surface area contributed by atoms with E-state index >= 15 is 0 Å². The van der Waals surface area contributed by atoms with Gasteiger partial charge in [0.2, 0.25) is 0 Å². The van der Waals surface area contributed by atoms with Gasteiger partial charge in [0.25, 0.3) is 0 Å². The topological polar surface area (TPSA) is 175 Å². The number of ether oxygens (including phenoxy) is 5. The Morgan fingerprint density at radius 1 is 0.453 bits per heavy atom. The third-order valence-electron chi connectivity index (χ3n) is 12.7. The van der Waals surface area contributed by atoms with Crippen LogP contribution in [0, 0.1) is 0 Å². The first-order valence-corrected chi connectivity index (χ1v) is 29.2. The Kier molecular flexibility index (Phi) is 46.2. The number of aliphatic carboxylic acids is 1. The van der Waals surface area contributed by atoms with Gasteiger partial charge in [-0.25, -0.2) is 4.79 Å². The average molecular weight is 1050 g/mol. The lowest BCUT2D eigenvalue weighted by Gasteiger charge is -2.40. The molecule has 6 unspecified atom stereocenters. The summed E-state index contributed by atoms with van der Waals surface area (Å²) in [5.74, 6) is -3.25. The van der Waals surface area contributed by atoms with E-state index in [-0.39, 0.29) is 25.9 Å². The van der Waals surface area contributed by atoms with Crippen molar-refractivity contribution in [3.05, 3.63) is 97.2 Å². The van der Waals surface area contributed by atoms with Gasteiger partial charge in [-0.05, 0) is 89.9 Å². The van der Waals surface area contributed by atoms with Crippen LogP contribution in [-0.4, -0.2) is 89.2 Å². The highest BCUT2D eigenvalue weighted by Gasteiger charge is 2.50. The van der Waals surface area contributed by atoms with Crippen LogP contribution in [-0.2, 0) is 42.9 Å². The van der Waals surface area contributed by atoms with Crippen molar-refractivity contribution in [3.63, 3.8) is 0 Å². The molecule has 1 fully saturated rings. The van der Waals surface area contributed by atoms with Gasteiger partial charge in [-0.3, -0.25) is 14.4 Å². The minimum absolute atomic E-state index is 0.0689. The number of unbranched alkanes of at least 4 members (excludes halogenated alkanes) is 18. The number of carbonyl (C=O) groups is 4. The Hall–Kier alpha value is -4.36. The molecule has 1 aliphatic heterocycles. The zero-order valence-corrected chi connectivity index (χ0v) is 46.8. The van der Waals surface area contributed by atoms with Crippen LogP contribution in [0.3, 0.4) is 0 Å². The van der Waals surface area contributed by atoms with Crippen molar-refractivity contribution in [1.29, 1.82) is 0 Å². The van der Waals surface area contributed by atoms with Gasteiger partial charge in [0.05, 0.1) is 6.61 Å². The average Bonchev–Trinajstić information content (AvgIpc) is 3.39. The van der Waals surface area contributed by atoms with Gasteiger partial charge >= 0.3 is 23.9 Å². The van der Waals surface area contributed by atoms with Gasteiger partial charge in [0.15, 0.2) is 24.6 Å². The number of hydrogen-bond donors (Lipinski definition) is 3. The van der Waals surface area contributed by atoms with Crippen molar-refractivity contribution in [1.82, 2.24) is 0 Å². The number of carboxylic acid groups (broad SMARTS) is 1. The normalized spacial score (nSPS) is 18.9. The molecule has 0 radical (unpaired) electrons. The second-order valence-electron chi connectivity index (χ2n) is 19.5. The highest BCUT2D eigenvalue weighted by Crippen LogP contribution is 2.26. The van der Waals surface area contributed by atoms with Crippen molar-refractivity contribution < 1.29 is 58.2 Å². The molecule has 0 bridgehead atoms. The van der Waals surface area contributed by atoms with Crippen LogP contribution in [0.4, 0.5) is 0 Å². The molecule has 1 aliphatic rings. The lowest BCUT2D eigenvalue weighted by Crippen LogP contribution is -2.61. The second-order valence-corrected chi connectivity index (χ2v) is 19.5. The number of esters is 3. The van der Waals surface area contributed by atoms with Crippen LogP contribution < -0.4 is 0 Å². The summed E-state index contributed by atoms with van der Waals surface area (Å²) < 4.78 is 28.3. The highest BCUT2D eigenvalue weighted by molar-refractivity contribution is 5.74. The van der Waals surface area contributed by atoms with Gasteiger partial charge in [-0.2, -0.15) is 0 Å². The second kappa shape index (κ2) is 50.5. The summed E-state index contributed by atoms with van der Waals surface area (Å²) in [4.78, 5) is 51.0. The summed E-state index contributed by atoms with van der Waals surface area (Å²) in [5, 5.41) is 31.4. The van der Waals surface area contributed by atoms with Crippen LogP contribution in [0.25, 0.3) is 0 Å². The Morgan fingerprint density at radius 3 is 1.36 bits per heavy atom. The molecule has 0 aromatic heterocycles. The minimum Gasteiger partial charge on any atom is -0.479 e. The van der Waals surface area contributed by atoms with E-state index in [0.29, 0.717) is 25.7 Å². The molecule has 6 atom stereocenters. The van der Waals surface area contributed by atoms with E-state index in [1.165, 1.54) is 64.2 Å². The molecule has 75 heavy (non-hydrogen) atoms. The molecule has 0 aromatic carbocycles. The van der Waals surface area contributed by atoms with Crippen LogP contribution in [0.5, 0.6) is 0 Å². The van der Waals surface area contributed by atoms with E-state index in [0.717, 1.165) is 96.3 Å². The smallest absolute Gasteiger partial charge is 0.335 e. The van der Waals surface area contributed by atoms with Gasteiger partial charge in [-0.15, -0.1) is 0 Å². The maximum atomic E-state index is 13.1. The number of rotatable bonds is 48. The third kappa shape index (κ3) is 40.6. The summed E-state index contributed by atoms with van der Waals surface area (Å²) in [7, 11) is 0. The SMILES string of the molecule is CC/C=C\C/C=C\C/C=C\C/C=C\C/C=C\C/C=C\CCC(=O)OC1C(OCC(COC(=O)CCCCCCC/C=C\C/C=C\CCCCC)OC(=O)CCCCCCCCCCCCC)OC(C(=O)O)C(O)C1O. The quantitative estimate of drug-likeness (QED) is 0.0228. The number of carbonyl (C=O) groups excluding carboxylic acids is 3. The lowest BCUT2D eigenvalue weighted by atomic mass is 9.98. The maximum Gasteiger partial charge on any atom is 0.335 e. The third-order valence-corrected chi connectivity index (χ3v) is 12.7. The van der Waals surface area contributed by atoms with E-state index in [2.05, 4.69) is 99.8 Å². The Morgan fingerprint density at radius 2 is 0.867 bits per heavy atom. The largest absolute Gasteiger partial charge is 0.479 e. The predicted octanol–water partition coefficient (Wildman–Crippen LogP) is 14.9. The van der Waals surface area contributed by atoms with Crippen molar-refractivity contribution in [3.8, 4) is 0 Å². The van der Waals surface area contributed by atoms with Crippen molar-refractivity contribution in [2.45, 2.75) is 263 Å².